The number of benzene rings is 1. The molecule has 2 N–H and O–H groups in total. The van der Waals surface area contributed by atoms with Crippen molar-refractivity contribution < 1.29 is 9.59 Å². The number of aryl methyl sites for hydroxylation is 2. The quantitative estimate of drug-likeness (QED) is 0.849. The predicted molar refractivity (Wildman–Crippen MR) is 97.4 cm³/mol. The van der Waals surface area contributed by atoms with Crippen molar-refractivity contribution in [2.45, 2.75) is 39.5 Å². The fourth-order valence-electron chi connectivity index (χ4n) is 2.87. The third kappa shape index (κ3) is 4.26. The summed E-state index contributed by atoms with van der Waals surface area (Å²) >= 11 is 0. The van der Waals surface area contributed by atoms with Crippen molar-refractivity contribution in [1.29, 1.82) is 0 Å². The van der Waals surface area contributed by atoms with Gasteiger partial charge in [0.15, 0.2) is 0 Å². The van der Waals surface area contributed by atoms with Crippen LogP contribution in [0.3, 0.4) is 0 Å². The van der Waals surface area contributed by atoms with E-state index >= 15 is 0 Å². The number of rotatable bonds is 6. The Morgan fingerprint density at radius 3 is 2.24 bits per heavy atom. The Hall–Kier alpha value is -2.63. The van der Waals surface area contributed by atoms with Crippen LogP contribution in [-0.4, -0.2) is 21.6 Å². The highest BCUT2D eigenvalue weighted by Gasteiger charge is 2.29. The molecule has 0 atom stereocenters. The third-order valence-electron chi connectivity index (χ3n) is 4.65. The molecule has 0 radical (unpaired) electrons. The van der Waals surface area contributed by atoms with Gasteiger partial charge in [0, 0.05) is 36.5 Å². The van der Waals surface area contributed by atoms with Crippen molar-refractivity contribution in [3.8, 4) is 0 Å². The standard InChI is InChI=1S/C19H24N4O2/c1-12-17(13(2)23(3)22-12)10-11-18(24)20-15-6-8-16(9-7-15)21-19(25)14-4-5-14/h6-9,14H,4-5,10-11H2,1-3H3,(H,20,24)(H,21,25). The number of amides is 2. The largest absolute Gasteiger partial charge is 0.326 e. The zero-order valence-electron chi connectivity index (χ0n) is 14.9. The molecule has 0 saturated heterocycles. The van der Waals surface area contributed by atoms with E-state index in [0.717, 1.165) is 41.2 Å². The summed E-state index contributed by atoms with van der Waals surface area (Å²) in [5.41, 5.74) is 4.70. The van der Waals surface area contributed by atoms with Crippen molar-refractivity contribution in [3.05, 3.63) is 41.2 Å². The minimum Gasteiger partial charge on any atom is -0.326 e. The maximum atomic E-state index is 12.2. The van der Waals surface area contributed by atoms with Crippen LogP contribution >= 0.6 is 0 Å². The smallest absolute Gasteiger partial charge is 0.227 e. The van der Waals surface area contributed by atoms with Crippen LogP contribution in [0.15, 0.2) is 24.3 Å². The van der Waals surface area contributed by atoms with E-state index in [0.29, 0.717) is 12.8 Å². The summed E-state index contributed by atoms with van der Waals surface area (Å²) in [4.78, 5) is 23.9. The van der Waals surface area contributed by atoms with Gasteiger partial charge in [0.05, 0.1) is 5.69 Å². The molecule has 0 bridgehead atoms. The van der Waals surface area contributed by atoms with Gasteiger partial charge in [-0.25, -0.2) is 0 Å². The summed E-state index contributed by atoms with van der Waals surface area (Å²) < 4.78 is 1.84. The van der Waals surface area contributed by atoms with E-state index in [1.165, 1.54) is 0 Å². The molecule has 0 aliphatic heterocycles. The molecule has 25 heavy (non-hydrogen) atoms. The first kappa shape index (κ1) is 17.2. The first-order valence-corrected chi connectivity index (χ1v) is 8.64. The number of hydrogen-bond donors (Lipinski definition) is 2. The second-order valence-corrected chi connectivity index (χ2v) is 6.66. The van der Waals surface area contributed by atoms with E-state index < -0.39 is 0 Å². The molecule has 1 aliphatic rings. The summed E-state index contributed by atoms with van der Waals surface area (Å²) in [6.07, 6.45) is 3.05. The lowest BCUT2D eigenvalue weighted by molar-refractivity contribution is -0.117. The fraction of sp³-hybridized carbons (Fsp3) is 0.421. The van der Waals surface area contributed by atoms with Crippen LogP contribution in [0.5, 0.6) is 0 Å². The van der Waals surface area contributed by atoms with Crippen molar-refractivity contribution in [2.75, 3.05) is 10.6 Å². The van der Waals surface area contributed by atoms with E-state index in [1.807, 2.05) is 37.7 Å². The van der Waals surface area contributed by atoms with E-state index in [4.69, 9.17) is 0 Å². The van der Waals surface area contributed by atoms with Gasteiger partial charge in [0.2, 0.25) is 11.8 Å². The zero-order chi connectivity index (χ0) is 18.0. The maximum Gasteiger partial charge on any atom is 0.227 e. The maximum absolute atomic E-state index is 12.2. The van der Waals surface area contributed by atoms with Crippen molar-refractivity contribution >= 4 is 23.2 Å². The molecule has 2 amide bonds. The average Bonchev–Trinajstić information content (AvgIpc) is 3.38. The van der Waals surface area contributed by atoms with Gasteiger partial charge in [-0.1, -0.05) is 0 Å². The molecular formula is C19H24N4O2. The highest BCUT2D eigenvalue weighted by molar-refractivity contribution is 5.95. The predicted octanol–water partition coefficient (Wildman–Crippen LogP) is 2.96. The van der Waals surface area contributed by atoms with Crippen LogP contribution in [0.25, 0.3) is 0 Å². The molecule has 1 aliphatic carbocycles. The molecule has 0 spiro atoms. The van der Waals surface area contributed by atoms with Crippen molar-refractivity contribution in [2.24, 2.45) is 13.0 Å². The number of aromatic nitrogens is 2. The number of carbonyl (C=O) groups excluding carboxylic acids is 2. The summed E-state index contributed by atoms with van der Waals surface area (Å²) in [5.74, 6) is 0.232. The SMILES string of the molecule is Cc1nn(C)c(C)c1CCC(=O)Nc1ccc(NC(=O)C2CC2)cc1. The Balaban J connectivity index is 1.51. The Morgan fingerprint density at radius 2 is 1.72 bits per heavy atom. The van der Waals surface area contributed by atoms with Gasteiger partial charge in [-0.2, -0.15) is 5.10 Å². The van der Waals surface area contributed by atoms with Gasteiger partial charge in [-0.3, -0.25) is 14.3 Å². The number of nitrogens with zero attached hydrogens (tertiary/aromatic N) is 2. The Morgan fingerprint density at radius 1 is 1.12 bits per heavy atom. The fourth-order valence-corrected chi connectivity index (χ4v) is 2.87. The second-order valence-electron chi connectivity index (χ2n) is 6.66. The topological polar surface area (TPSA) is 76.0 Å². The van der Waals surface area contributed by atoms with Gasteiger partial charge < -0.3 is 10.6 Å². The van der Waals surface area contributed by atoms with Gasteiger partial charge in [0.25, 0.3) is 0 Å². The molecule has 6 heteroatoms. The van der Waals surface area contributed by atoms with Crippen LogP contribution in [0, 0.1) is 19.8 Å². The molecule has 1 saturated carbocycles. The van der Waals surface area contributed by atoms with Crippen LogP contribution in [-0.2, 0) is 23.1 Å². The van der Waals surface area contributed by atoms with Crippen molar-refractivity contribution in [3.63, 3.8) is 0 Å². The first-order valence-electron chi connectivity index (χ1n) is 8.64. The van der Waals surface area contributed by atoms with Crippen LogP contribution in [0.2, 0.25) is 0 Å². The van der Waals surface area contributed by atoms with Crippen LogP contribution in [0.4, 0.5) is 11.4 Å². The number of carbonyl (C=O) groups is 2. The van der Waals surface area contributed by atoms with E-state index in [2.05, 4.69) is 15.7 Å². The molecule has 6 nitrogen and oxygen atoms in total. The molecule has 1 fully saturated rings. The monoisotopic (exact) mass is 340 g/mol. The molecule has 1 aromatic carbocycles. The summed E-state index contributed by atoms with van der Waals surface area (Å²) in [5, 5.41) is 10.2. The third-order valence-corrected chi connectivity index (χ3v) is 4.65. The van der Waals surface area contributed by atoms with Crippen LogP contribution in [0.1, 0.15) is 36.2 Å². The number of nitrogens with one attached hydrogen (secondary N) is 2. The average molecular weight is 340 g/mol. The summed E-state index contributed by atoms with van der Waals surface area (Å²) in [6, 6.07) is 7.23. The first-order chi connectivity index (χ1) is 11.9. The number of hydrogen-bond acceptors (Lipinski definition) is 3. The van der Waals surface area contributed by atoms with E-state index in [9.17, 15) is 9.59 Å². The molecule has 3 rings (SSSR count). The van der Waals surface area contributed by atoms with E-state index in [1.54, 1.807) is 12.1 Å². The Labute approximate surface area is 147 Å². The summed E-state index contributed by atoms with van der Waals surface area (Å²) in [6.45, 7) is 3.98. The highest BCUT2D eigenvalue weighted by Crippen LogP contribution is 2.30. The molecule has 132 valence electrons. The van der Waals surface area contributed by atoms with Crippen LogP contribution < -0.4 is 10.6 Å². The zero-order valence-corrected chi connectivity index (χ0v) is 14.9. The van der Waals surface area contributed by atoms with Crippen molar-refractivity contribution in [1.82, 2.24) is 9.78 Å². The Kier molecular flexibility index (Phi) is 4.88. The second kappa shape index (κ2) is 7.09. The lowest BCUT2D eigenvalue weighted by Gasteiger charge is -2.08. The normalized spacial score (nSPS) is 13.6. The highest BCUT2D eigenvalue weighted by atomic mass is 16.2. The van der Waals surface area contributed by atoms with Gasteiger partial charge in [-0.05, 0) is 62.9 Å². The molecular weight excluding hydrogens is 316 g/mol. The molecule has 2 aromatic rings. The molecule has 1 aromatic heterocycles. The lowest BCUT2D eigenvalue weighted by Crippen LogP contribution is -2.14. The molecule has 1 heterocycles. The van der Waals surface area contributed by atoms with Gasteiger partial charge >= 0.3 is 0 Å². The Bertz CT molecular complexity index is 789. The lowest BCUT2D eigenvalue weighted by atomic mass is 10.1. The van der Waals surface area contributed by atoms with Gasteiger partial charge in [-0.15, -0.1) is 0 Å². The minimum absolute atomic E-state index is 0.0302. The minimum atomic E-state index is -0.0302. The summed E-state index contributed by atoms with van der Waals surface area (Å²) in [7, 11) is 1.91. The van der Waals surface area contributed by atoms with Gasteiger partial charge in [0.1, 0.15) is 0 Å². The molecule has 0 unspecified atom stereocenters. The number of anilines is 2. The van der Waals surface area contributed by atoms with E-state index in [-0.39, 0.29) is 17.7 Å².